The van der Waals surface area contributed by atoms with Crippen molar-refractivity contribution < 1.29 is 9.84 Å². The summed E-state index contributed by atoms with van der Waals surface area (Å²) in [7, 11) is 0. The summed E-state index contributed by atoms with van der Waals surface area (Å²) >= 11 is 0. The number of nitrogens with zero attached hydrogens (tertiary/aromatic N) is 1. The molecule has 0 aromatic rings. The minimum atomic E-state index is -0.206. The van der Waals surface area contributed by atoms with Crippen molar-refractivity contribution >= 4 is 0 Å². The SMILES string of the molecule is C[C@H](O)CN1CC2CCC(C1)O2. The first-order valence-corrected chi connectivity index (χ1v) is 4.80. The number of rotatable bonds is 2. The first-order valence-electron chi connectivity index (χ1n) is 4.80. The van der Waals surface area contributed by atoms with Gasteiger partial charge in [-0.2, -0.15) is 0 Å². The lowest BCUT2D eigenvalue weighted by molar-refractivity contribution is -0.0478. The Morgan fingerprint density at radius 3 is 2.50 bits per heavy atom. The fraction of sp³-hybridized carbons (Fsp3) is 1.00. The van der Waals surface area contributed by atoms with Crippen molar-refractivity contribution in [2.24, 2.45) is 0 Å². The summed E-state index contributed by atoms with van der Waals surface area (Å²) in [5.41, 5.74) is 0. The second-order valence-electron chi connectivity index (χ2n) is 4.03. The van der Waals surface area contributed by atoms with Crippen molar-refractivity contribution in [2.75, 3.05) is 19.6 Å². The van der Waals surface area contributed by atoms with Gasteiger partial charge in [0.2, 0.25) is 0 Å². The monoisotopic (exact) mass is 171 g/mol. The highest BCUT2D eigenvalue weighted by molar-refractivity contribution is 4.85. The number of hydrogen-bond donors (Lipinski definition) is 1. The third-order valence-electron chi connectivity index (χ3n) is 2.64. The standard InChI is InChI=1S/C9H17NO2/c1-7(11)4-10-5-8-2-3-9(6-10)12-8/h7-9,11H,2-6H2,1H3/t7-,8?,9?/m0/s1. The molecule has 0 saturated carbocycles. The molecule has 2 heterocycles. The highest BCUT2D eigenvalue weighted by Gasteiger charge is 2.33. The third kappa shape index (κ3) is 1.79. The predicted molar refractivity (Wildman–Crippen MR) is 46.0 cm³/mol. The summed E-state index contributed by atoms with van der Waals surface area (Å²) in [6.45, 7) is 4.68. The summed E-state index contributed by atoms with van der Waals surface area (Å²) in [4.78, 5) is 2.32. The lowest BCUT2D eigenvalue weighted by Gasteiger charge is -2.32. The minimum Gasteiger partial charge on any atom is -0.392 e. The van der Waals surface area contributed by atoms with E-state index >= 15 is 0 Å². The van der Waals surface area contributed by atoms with Gasteiger partial charge in [-0.15, -0.1) is 0 Å². The molecule has 2 aliphatic heterocycles. The fourth-order valence-corrected chi connectivity index (χ4v) is 2.22. The highest BCUT2D eigenvalue weighted by Crippen LogP contribution is 2.25. The molecule has 0 amide bonds. The van der Waals surface area contributed by atoms with E-state index in [1.165, 1.54) is 12.8 Å². The molecule has 0 aromatic heterocycles. The zero-order valence-electron chi connectivity index (χ0n) is 7.57. The Balaban J connectivity index is 1.85. The first kappa shape index (κ1) is 8.48. The summed E-state index contributed by atoms with van der Waals surface area (Å²) in [6.07, 6.45) is 3.11. The summed E-state index contributed by atoms with van der Waals surface area (Å²) in [5, 5.41) is 9.22. The number of aliphatic hydroxyl groups is 1. The lowest BCUT2D eigenvalue weighted by atomic mass is 10.2. The molecule has 0 aliphatic carbocycles. The Morgan fingerprint density at radius 2 is 2.00 bits per heavy atom. The highest BCUT2D eigenvalue weighted by atomic mass is 16.5. The fourth-order valence-electron chi connectivity index (χ4n) is 2.22. The van der Waals surface area contributed by atoms with Crippen LogP contribution in [0.2, 0.25) is 0 Å². The van der Waals surface area contributed by atoms with Gasteiger partial charge in [0.1, 0.15) is 0 Å². The molecule has 3 atom stereocenters. The Morgan fingerprint density at radius 1 is 1.42 bits per heavy atom. The predicted octanol–water partition coefficient (Wildman–Crippen LogP) is 0.230. The molecule has 2 rings (SSSR count). The second kappa shape index (κ2) is 3.32. The van der Waals surface area contributed by atoms with Gasteiger partial charge in [0.15, 0.2) is 0 Å². The van der Waals surface area contributed by atoms with E-state index in [9.17, 15) is 5.11 Å². The van der Waals surface area contributed by atoms with E-state index < -0.39 is 0 Å². The summed E-state index contributed by atoms with van der Waals surface area (Å²) < 4.78 is 5.69. The average molecular weight is 171 g/mol. The molecule has 2 aliphatic rings. The molecular weight excluding hydrogens is 154 g/mol. The van der Waals surface area contributed by atoms with Crippen LogP contribution < -0.4 is 0 Å². The van der Waals surface area contributed by atoms with Crippen LogP contribution in [0.1, 0.15) is 19.8 Å². The van der Waals surface area contributed by atoms with E-state index in [1.54, 1.807) is 0 Å². The Bertz CT molecular complexity index is 149. The molecule has 0 aromatic carbocycles. The maximum Gasteiger partial charge on any atom is 0.0707 e. The quantitative estimate of drug-likeness (QED) is 0.645. The van der Waals surface area contributed by atoms with Crippen LogP contribution in [-0.2, 0) is 4.74 Å². The van der Waals surface area contributed by atoms with Crippen LogP contribution in [0, 0.1) is 0 Å². The third-order valence-corrected chi connectivity index (χ3v) is 2.64. The Hall–Kier alpha value is -0.120. The van der Waals surface area contributed by atoms with Crippen molar-refractivity contribution in [3.8, 4) is 0 Å². The van der Waals surface area contributed by atoms with Crippen LogP contribution in [0.4, 0.5) is 0 Å². The van der Waals surface area contributed by atoms with Gasteiger partial charge in [0, 0.05) is 19.6 Å². The van der Waals surface area contributed by atoms with Crippen LogP contribution in [0.5, 0.6) is 0 Å². The molecule has 70 valence electrons. The van der Waals surface area contributed by atoms with Crippen molar-refractivity contribution in [3.63, 3.8) is 0 Å². The molecule has 2 saturated heterocycles. The van der Waals surface area contributed by atoms with Crippen molar-refractivity contribution in [1.29, 1.82) is 0 Å². The minimum absolute atomic E-state index is 0.206. The van der Waals surface area contributed by atoms with E-state index in [1.807, 2.05) is 6.92 Å². The number of morpholine rings is 1. The van der Waals surface area contributed by atoms with Gasteiger partial charge in [-0.1, -0.05) is 0 Å². The van der Waals surface area contributed by atoms with Gasteiger partial charge < -0.3 is 9.84 Å². The van der Waals surface area contributed by atoms with E-state index in [-0.39, 0.29) is 6.10 Å². The lowest BCUT2D eigenvalue weighted by Crippen LogP contribution is -2.45. The van der Waals surface area contributed by atoms with Crippen LogP contribution in [-0.4, -0.2) is 48.0 Å². The molecule has 3 nitrogen and oxygen atoms in total. The molecule has 2 fully saturated rings. The van der Waals surface area contributed by atoms with Gasteiger partial charge in [-0.05, 0) is 19.8 Å². The zero-order valence-corrected chi connectivity index (χ0v) is 7.57. The van der Waals surface area contributed by atoms with E-state index in [0.717, 1.165) is 19.6 Å². The Labute approximate surface area is 73.3 Å². The van der Waals surface area contributed by atoms with Crippen LogP contribution in [0.15, 0.2) is 0 Å². The number of likely N-dealkylation sites (tertiary alicyclic amines) is 1. The maximum atomic E-state index is 9.22. The molecule has 1 N–H and O–H groups in total. The number of ether oxygens (including phenoxy) is 1. The van der Waals surface area contributed by atoms with Gasteiger partial charge >= 0.3 is 0 Å². The largest absolute Gasteiger partial charge is 0.392 e. The van der Waals surface area contributed by atoms with Gasteiger partial charge in [0.25, 0.3) is 0 Å². The normalized spacial score (nSPS) is 38.5. The number of hydrogen-bond acceptors (Lipinski definition) is 3. The summed E-state index contributed by atoms with van der Waals surface area (Å²) in [5.74, 6) is 0. The smallest absolute Gasteiger partial charge is 0.0707 e. The summed E-state index contributed by atoms with van der Waals surface area (Å²) in [6, 6.07) is 0. The van der Waals surface area contributed by atoms with Crippen molar-refractivity contribution in [3.05, 3.63) is 0 Å². The van der Waals surface area contributed by atoms with E-state index in [4.69, 9.17) is 4.74 Å². The first-order chi connectivity index (χ1) is 5.74. The molecule has 2 unspecified atom stereocenters. The molecule has 3 heteroatoms. The molecule has 0 spiro atoms. The van der Waals surface area contributed by atoms with Gasteiger partial charge in [0.05, 0.1) is 18.3 Å². The Kier molecular flexibility index (Phi) is 2.35. The van der Waals surface area contributed by atoms with E-state index in [0.29, 0.717) is 12.2 Å². The number of fused-ring (bicyclic) bond motifs is 2. The van der Waals surface area contributed by atoms with Crippen molar-refractivity contribution in [2.45, 2.75) is 38.1 Å². The number of β-amino-alcohol motifs (C(OH)–C–C–N with tert-alkyl or cyclic N) is 1. The van der Waals surface area contributed by atoms with Crippen LogP contribution in [0.25, 0.3) is 0 Å². The maximum absolute atomic E-state index is 9.22. The molecule has 0 radical (unpaired) electrons. The van der Waals surface area contributed by atoms with Crippen LogP contribution >= 0.6 is 0 Å². The number of aliphatic hydroxyl groups excluding tert-OH is 1. The van der Waals surface area contributed by atoms with Gasteiger partial charge in [-0.3, -0.25) is 4.90 Å². The van der Waals surface area contributed by atoms with Crippen molar-refractivity contribution in [1.82, 2.24) is 4.90 Å². The molecular formula is C9H17NO2. The zero-order chi connectivity index (χ0) is 8.55. The van der Waals surface area contributed by atoms with E-state index in [2.05, 4.69) is 4.90 Å². The second-order valence-corrected chi connectivity index (χ2v) is 4.03. The average Bonchev–Trinajstić information content (AvgIpc) is 2.29. The van der Waals surface area contributed by atoms with Gasteiger partial charge in [-0.25, -0.2) is 0 Å². The molecule has 2 bridgehead atoms. The van der Waals surface area contributed by atoms with Crippen LogP contribution in [0.3, 0.4) is 0 Å². The topological polar surface area (TPSA) is 32.7 Å². The molecule has 12 heavy (non-hydrogen) atoms.